The molecule has 0 aliphatic rings. The highest BCUT2D eigenvalue weighted by molar-refractivity contribution is 8.00. The fourth-order valence-corrected chi connectivity index (χ4v) is 5.13. The Hall–Kier alpha value is -2.29. The second-order valence-electron chi connectivity index (χ2n) is 5.74. The fourth-order valence-electron chi connectivity index (χ4n) is 2.43. The number of amides is 1. The van der Waals surface area contributed by atoms with E-state index in [1.165, 1.54) is 16.0 Å². The van der Waals surface area contributed by atoms with Gasteiger partial charge in [-0.1, -0.05) is 54.3 Å². The Labute approximate surface area is 168 Å². The van der Waals surface area contributed by atoms with Crippen molar-refractivity contribution in [2.24, 2.45) is 0 Å². The third kappa shape index (κ3) is 4.35. The van der Waals surface area contributed by atoms with Crippen molar-refractivity contribution in [1.82, 2.24) is 15.2 Å². The zero-order valence-corrected chi connectivity index (χ0v) is 17.0. The number of anilines is 1. The first-order chi connectivity index (χ1) is 13.2. The molecule has 2 aromatic heterocycles. The Balaban J connectivity index is 1.37. The number of para-hydroxylation sites is 1. The van der Waals surface area contributed by atoms with Gasteiger partial charge in [0, 0.05) is 11.3 Å². The Bertz CT molecular complexity index is 1040. The largest absolute Gasteiger partial charge is 0.296 e. The molecule has 0 fully saturated rings. The molecular weight excluding hydrogens is 396 g/mol. The maximum Gasteiger partial charge on any atom is 0.257 e. The van der Waals surface area contributed by atoms with Crippen molar-refractivity contribution in [3.8, 4) is 0 Å². The van der Waals surface area contributed by atoms with E-state index in [1.807, 2.05) is 49.4 Å². The predicted octanol–water partition coefficient (Wildman–Crippen LogP) is 5.25. The summed E-state index contributed by atoms with van der Waals surface area (Å²) in [7, 11) is 0. The summed E-state index contributed by atoms with van der Waals surface area (Å²) >= 11 is 4.82. The molecule has 0 radical (unpaired) electrons. The van der Waals surface area contributed by atoms with Crippen LogP contribution in [0.3, 0.4) is 0 Å². The third-order valence-corrected chi connectivity index (χ3v) is 7.08. The lowest BCUT2D eigenvalue weighted by Gasteiger charge is -2.03. The number of hydrogen-bond acceptors (Lipinski definition) is 7. The second kappa shape index (κ2) is 8.16. The summed E-state index contributed by atoms with van der Waals surface area (Å²) in [6.07, 6.45) is 0.814. The molecule has 0 saturated heterocycles. The summed E-state index contributed by atoms with van der Waals surface area (Å²) in [5.74, 6) is 0.650. The Morgan fingerprint density at radius 2 is 1.89 bits per heavy atom. The molecule has 136 valence electrons. The molecule has 4 aromatic rings. The molecule has 27 heavy (non-hydrogen) atoms. The van der Waals surface area contributed by atoms with Gasteiger partial charge in [-0.05, 0) is 36.2 Å². The van der Waals surface area contributed by atoms with Gasteiger partial charge in [-0.3, -0.25) is 10.1 Å². The normalized spacial score (nSPS) is 11.0. The number of aryl methyl sites for hydroxylation is 1. The quantitative estimate of drug-likeness (QED) is 0.438. The van der Waals surface area contributed by atoms with Crippen LogP contribution < -0.4 is 5.32 Å². The van der Waals surface area contributed by atoms with Gasteiger partial charge in [0.1, 0.15) is 5.01 Å². The topological polar surface area (TPSA) is 67.8 Å². The van der Waals surface area contributed by atoms with Gasteiger partial charge < -0.3 is 0 Å². The van der Waals surface area contributed by atoms with E-state index < -0.39 is 0 Å². The molecule has 8 heteroatoms. The Morgan fingerprint density at radius 3 is 2.63 bits per heavy atom. The van der Waals surface area contributed by atoms with E-state index in [-0.39, 0.29) is 5.91 Å². The van der Waals surface area contributed by atoms with Crippen LogP contribution in [0.4, 0.5) is 5.13 Å². The SMILES string of the molecule is CCc1nnc(NC(=O)c2ccc(CSc3nc4ccccc4s3)cc2)s1. The van der Waals surface area contributed by atoms with Crippen LogP contribution in [-0.2, 0) is 12.2 Å². The van der Waals surface area contributed by atoms with E-state index in [4.69, 9.17) is 0 Å². The monoisotopic (exact) mass is 412 g/mol. The predicted molar refractivity (Wildman–Crippen MR) is 113 cm³/mol. The van der Waals surface area contributed by atoms with E-state index in [0.717, 1.165) is 32.6 Å². The highest BCUT2D eigenvalue weighted by Gasteiger charge is 2.10. The van der Waals surface area contributed by atoms with Crippen molar-refractivity contribution in [3.05, 3.63) is 64.7 Å². The number of thioether (sulfide) groups is 1. The van der Waals surface area contributed by atoms with E-state index >= 15 is 0 Å². The molecule has 1 N–H and O–H groups in total. The molecule has 4 rings (SSSR count). The van der Waals surface area contributed by atoms with Crippen LogP contribution >= 0.6 is 34.4 Å². The molecule has 0 spiro atoms. The smallest absolute Gasteiger partial charge is 0.257 e. The molecular formula is C19H16N4OS3. The van der Waals surface area contributed by atoms with Crippen molar-refractivity contribution < 1.29 is 4.79 Å². The highest BCUT2D eigenvalue weighted by Crippen LogP contribution is 2.31. The minimum Gasteiger partial charge on any atom is -0.296 e. The average molecular weight is 413 g/mol. The van der Waals surface area contributed by atoms with E-state index in [9.17, 15) is 4.79 Å². The number of nitrogens with one attached hydrogen (secondary N) is 1. The summed E-state index contributed by atoms with van der Waals surface area (Å²) in [5.41, 5.74) is 2.80. The maximum atomic E-state index is 12.3. The highest BCUT2D eigenvalue weighted by atomic mass is 32.2. The van der Waals surface area contributed by atoms with Gasteiger partial charge in [-0.25, -0.2) is 4.98 Å². The van der Waals surface area contributed by atoms with Crippen LogP contribution in [0, 0.1) is 0 Å². The molecule has 0 unspecified atom stereocenters. The first-order valence-electron chi connectivity index (χ1n) is 8.42. The molecule has 0 atom stereocenters. The summed E-state index contributed by atoms with van der Waals surface area (Å²) < 4.78 is 2.26. The summed E-state index contributed by atoms with van der Waals surface area (Å²) in [6.45, 7) is 2.01. The van der Waals surface area contributed by atoms with E-state index in [1.54, 1.807) is 23.1 Å². The van der Waals surface area contributed by atoms with E-state index in [0.29, 0.717) is 10.7 Å². The summed E-state index contributed by atoms with van der Waals surface area (Å²) in [4.78, 5) is 17.0. The first-order valence-corrected chi connectivity index (χ1v) is 11.0. The Morgan fingerprint density at radius 1 is 1.07 bits per heavy atom. The Kier molecular flexibility index (Phi) is 5.47. The second-order valence-corrected chi connectivity index (χ2v) is 9.06. The lowest BCUT2D eigenvalue weighted by atomic mass is 10.1. The van der Waals surface area contributed by atoms with Gasteiger partial charge in [0.05, 0.1) is 10.2 Å². The van der Waals surface area contributed by atoms with Crippen molar-refractivity contribution in [2.75, 3.05) is 5.32 Å². The van der Waals surface area contributed by atoms with Gasteiger partial charge in [0.15, 0.2) is 4.34 Å². The average Bonchev–Trinajstić information content (AvgIpc) is 3.32. The number of hydrogen-bond donors (Lipinski definition) is 1. The van der Waals surface area contributed by atoms with Crippen LogP contribution in [0.1, 0.15) is 27.9 Å². The van der Waals surface area contributed by atoms with Gasteiger partial charge >= 0.3 is 0 Å². The molecule has 1 amide bonds. The molecule has 0 bridgehead atoms. The minimum absolute atomic E-state index is 0.167. The van der Waals surface area contributed by atoms with Crippen LogP contribution in [0.2, 0.25) is 0 Å². The zero-order chi connectivity index (χ0) is 18.6. The van der Waals surface area contributed by atoms with Crippen LogP contribution in [0.25, 0.3) is 10.2 Å². The third-order valence-electron chi connectivity index (χ3n) is 3.84. The van der Waals surface area contributed by atoms with Gasteiger partial charge in [0.2, 0.25) is 5.13 Å². The lowest BCUT2D eigenvalue weighted by molar-refractivity contribution is 0.102. The number of carbonyl (C=O) groups excluding carboxylic acids is 1. The lowest BCUT2D eigenvalue weighted by Crippen LogP contribution is -2.11. The van der Waals surface area contributed by atoms with Crippen LogP contribution in [0.5, 0.6) is 0 Å². The number of thiazole rings is 1. The molecule has 2 heterocycles. The summed E-state index contributed by atoms with van der Waals surface area (Å²) in [5, 5.41) is 12.2. The van der Waals surface area contributed by atoms with E-state index in [2.05, 4.69) is 26.6 Å². The van der Waals surface area contributed by atoms with Crippen molar-refractivity contribution >= 4 is 55.7 Å². The molecule has 0 aliphatic carbocycles. The van der Waals surface area contributed by atoms with Gasteiger partial charge in [-0.15, -0.1) is 21.5 Å². The van der Waals surface area contributed by atoms with Crippen LogP contribution in [0.15, 0.2) is 52.9 Å². The fraction of sp³-hybridized carbons (Fsp3) is 0.158. The number of rotatable bonds is 6. The van der Waals surface area contributed by atoms with Crippen molar-refractivity contribution in [2.45, 2.75) is 23.4 Å². The number of benzene rings is 2. The molecule has 0 aliphatic heterocycles. The van der Waals surface area contributed by atoms with Crippen molar-refractivity contribution in [1.29, 1.82) is 0 Å². The van der Waals surface area contributed by atoms with Gasteiger partial charge in [0.25, 0.3) is 5.91 Å². The summed E-state index contributed by atoms with van der Waals surface area (Å²) in [6, 6.07) is 15.8. The van der Waals surface area contributed by atoms with Crippen LogP contribution in [-0.4, -0.2) is 21.1 Å². The molecule has 2 aromatic carbocycles. The maximum absolute atomic E-state index is 12.3. The van der Waals surface area contributed by atoms with Gasteiger partial charge in [-0.2, -0.15) is 0 Å². The number of fused-ring (bicyclic) bond motifs is 1. The number of aromatic nitrogens is 3. The molecule has 0 saturated carbocycles. The number of carbonyl (C=O) groups is 1. The van der Waals surface area contributed by atoms with Crippen molar-refractivity contribution in [3.63, 3.8) is 0 Å². The minimum atomic E-state index is -0.167. The zero-order valence-electron chi connectivity index (χ0n) is 14.5. The molecule has 5 nitrogen and oxygen atoms in total. The first kappa shape index (κ1) is 18.1. The number of nitrogens with zero attached hydrogens (tertiary/aromatic N) is 3. The standard InChI is InChI=1S/C19H16N4OS3/c1-2-16-22-23-18(27-16)21-17(24)13-9-7-12(8-10-13)11-25-19-20-14-5-3-4-6-15(14)26-19/h3-10H,2,11H2,1H3,(H,21,23,24).